The van der Waals surface area contributed by atoms with Crippen LogP contribution in [0.2, 0.25) is 0 Å². The largest absolute Gasteiger partial charge is 0.494 e. The molecule has 2 rings (SSSR count). The molecule has 0 spiro atoms. The number of nitrogen functional groups attached to an aromatic ring is 1. The Bertz CT molecular complexity index is 478. The standard InChI is InChI=1S/C10H12N4O/c1-7-5-14(6-13-7)8-4-12-10(11)3-9(8)15-2/h3-6H,1-2H3,(H2,11,12). The molecule has 5 nitrogen and oxygen atoms in total. The van der Waals surface area contributed by atoms with Crippen molar-refractivity contribution in [3.63, 3.8) is 0 Å². The fourth-order valence-corrected chi connectivity index (χ4v) is 1.36. The predicted octanol–water partition coefficient (Wildman–Crippen LogP) is 1.17. The van der Waals surface area contributed by atoms with Crippen molar-refractivity contribution in [3.8, 4) is 11.4 Å². The Morgan fingerprint density at radius 2 is 2.20 bits per heavy atom. The van der Waals surface area contributed by atoms with E-state index in [9.17, 15) is 0 Å². The normalized spacial score (nSPS) is 10.3. The molecule has 2 N–H and O–H groups in total. The minimum Gasteiger partial charge on any atom is -0.494 e. The Morgan fingerprint density at radius 1 is 1.40 bits per heavy atom. The number of imidazole rings is 1. The van der Waals surface area contributed by atoms with Crippen LogP contribution in [0.15, 0.2) is 24.8 Å². The number of methoxy groups -OCH3 is 1. The molecule has 15 heavy (non-hydrogen) atoms. The zero-order valence-corrected chi connectivity index (χ0v) is 8.64. The zero-order valence-electron chi connectivity index (χ0n) is 8.64. The van der Waals surface area contributed by atoms with Gasteiger partial charge in [-0.15, -0.1) is 0 Å². The Morgan fingerprint density at radius 3 is 2.80 bits per heavy atom. The number of ether oxygens (including phenoxy) is 1. The van der Waals surface area contributed by atoms with Crippen LogP contribution in [-0.2, 0) is 0 Å². The number of anilines is 1. The number of aryl methyl sites for hydroxylation is 1. The fraction of sp³-hybridized carbons (Fsp3) is 0.200. The lowest BCUT2D eigenvalue weighted by Crippen LogP contribution is -1.99. The highest BCUT2D eigenvalue weighted by molar-refractivity contribution is 5.50. The molecule has 0 saturated carbocycles. The minimum absolute atomic E-state index is 0.437. The monoisotopic (exact) mass is 204 g/mol. The van der Waals surface area contributed by atoms with Crippen molar-refractivity contribution in [3.05, 3.63) is 30.5 Å². The van der Waals surface area contributed by atoms with Crippen LogP contribution in [0, 0.1) is 6.92 Å². The molecule has 2 heterocycles. The molecular formula is C10H12N4O. The lowest BCUT2D eigenvalue weighted by atomic mass is 10.3. The summed E-state index contributed by atoms with van der Waals surface area (Å²) in [5, 5.41) is 0. The van der Waals surface area contributed by atoms with Crippen LogP contribution in [0.3, 0.4) is 0 Å². The average molecular weight is 204 g/mol. The maximum absolute atomic E-state index is 5.57. The highest BCUT2D eigenvalue weighted by atomic mass is 16.5. The van der Waals surface area contributed by atoms with Crippen molar-refractivity contribution in [1.82, 2.24) is 14.5 Å². The molecule has 0 radical (unpaired) electrons. The summed E-state index contributed by atoms with van der Waals surface area (Å²) in [4.78, 5) is 8.16. The molecule has 0 saturated heterocycles. The number of aromatic nitrogens is 3. The second-order valence-electron chi connectivity index (χ2n) is 3.20. The second-order valence-corrected chi connectivity index (χ2v) is 3.20. The molecule has 5 heteroatoms. The Hall–Kier alpha value is -2.04. The second kappa shape index (κ2) is 3.61. The number of pyridine rings is 1. The van der Waals surface area contributed by atoms with Crippen LogP contribution in [0.25, 0.3) is 5.69 Å². The van der Waals surface area contributed by atoms with E-state index >= 15 is 0 Å². The van der Waals surface area contributed by atoms with E-state index in [2.05, 4.69) is 9.97 Å². The van der Waals surface area contributed by atoms with Crippen LogP contribution < -0.4 is 10.5 Å². The summed E-state index contributed by atoms with van der Waals surface area (Å²) in [6.07, 6.45) is 5.27. The van der Waals surface area contributed by atoms with Gasteiger partial charge in [0.1, 0.15) is 17.3 Å². The topological polar surface area (TPSA) is 66.0 Å². The van der Waals surface area contributed by atoms with Gasteiger partial charge in [-0.2, -0.15) is 0 Å². The summed E-state index contributed by atoms with van der Waals surface area (Å²) in [5.41, 5.74) is 7.34. The lowest BCUT2D eigenvalue weighted by molar-refractivity contribution is 0.412. The van der Waals surface area contributed by atoms with Gasteiger partial charge in [0.2, 0.25) is 0 Å². The van der Waals surface area contributed by atoms with Gasteiger partial charge >= 0.3 is 0 Å². The molecule has 2 aromatic heterocycles. The van der Waals surface area contributed by atoms with E-state index in [0.29, 0.717) is 11.6 Å². The van der Waals surface area contributed by atoms with E-state index in [0.717, 1.165) is 11.4 Å². The van der Waals surface area contributed by atoms with Crippen molar-refractivity contribution >= 4 is 5.82 Å². The van der Waals surface area contributed by atoms with Crippen LogP contribution >= 0.6 is 0 Å². The highest BCUT2D eigenvalue weighted by Crippen LogP contribution is 2.23. The van der Waals surface area contributed by atoms with Crippen LogP contribution in [0.4, 0.5) is 5.82 Å². The third-order valence-electron chi connectivity index (χ3n) is 2.08. The molecule has 0 aliphatic carbocycles. The van der Waals surface area contributed by atoms with Gasteiger partial charge in [-0.05, 0) is 6.92 Å². The first-order chi connectivity index (χ1) is 7.20. The molecule has 0 fully saturated rings. The lowest BCUT2D eigenvalue weighted by Gasteiger charge is -2.08. The average Bonchev–Trinajstić information content (AvgIpc) is 2.64. The molecule has 0 aromatic carbocycles. The quantitative estimate of drug-likeness (QED) is 0.797. The summed E-state index contributed by atoms with van der Waals surface area (Å²) in [6, 6.07) is 1.69. The minimum atomic E-state index is 0.437. The SMILES string of the molecule is COc1cc(N)ncc1-n1cnc(C)c1. The number of hydrogen-bond donors (Lipinski definition) is 1. The van der Waals surface area contributed by atoms with Gasteiger partial charge in [0.05, 0.1) is 25.3 Å². The van der Waals surface area contributed by atoms with Crippen LogP contribution in [-0.4, -0.2) is 21.6 Å². The predicted molar refractivity (Wildman–Crippen MR) is 57.1 cm³/mol. The summed E-state index contributed by atoms with van der Waals surface area (Å²) >= 11 is 0. The van der Waals surface area contributed by atoms with Gasteiger partial charge in [0, 0.05) is 12.3 Å². The van der Waals surface area contributed by atoms with Gasteiger partial charge in [-0.3, -0.25) is 0 Å². The number of nitrogens with two attached hydrogens (primary N) is 1. The van der Waals surface area contributed by atoms with Gasteiger partial charge < -0.3 is 15.0 Å². The smallest absolute Gasteiger partial charge is 0.148 e. The Labute approximate surface area is 87.5 Å². The number of hydrogen-bond acceptors (Lipinski definition) is 4. The molecule has 0 aliphatic heterocycles. The van der Waals surface area contributed by atoms with Gasteiger partial charge in [0.25, 0.3) is 0 Å². The van der Waals surface area contributed by atoms with E-state index in [-0.39, 0.29) is 0 Å². The molecule has 2 aromatic rings. The Balaban J connectivity index is 2.52. The maximum atomic E-state index is 5.57. The molecule has 0 unspecified atom stereocenters. The number of rotatable bonds is 2. The number of nitrogens with zero attached hydrogens (tertiary/aromatic N) is 3. The molecule has 0 bridgehead atoms. The summed E-state index contributed by atoms with van der Waals surface area (Å²) < 4.78 is 7.07. The van der Waals surface area contributed by atoms with Crippen molar-refractivity contribution in [2.75, 3.05) is 12.8 Å². The fourth-order valence-electron chi connectivity index (χ4n) is 1.36. The molecule has 0 aliphatic rings. The van der Waals surface area contributed by atoms with Crippen molar-refractivity contribution < 1.29 is 4.74 Å². The molecular weight excluding hydrogens is 192 g/mol. The van der Waals surface area contributed by atoms with E-state index in [4.69, 9.17) is 10.5 Å². The molecule has 0 atom stereocenters. The maximum Gasteiger partial charge on any atom is 0.148 e. The first-order valence-electron chi connectivity index (χ1n) is 4.51. The summed E-state index contributed by atoms with van der Waals surface area (Å²) in [7, 11) is 1.60. The first-order valence-corrected chi connectivity index (χ1v) is 4.51. The highest BCUT2D eigenvalue weighted by Gasteiger charge is 2.06. The summed E-state index contributed by atoms with van der Waals surface area (Å²) in [5.74, 6) is 1.12. The van der Waals surface area contributed by atoms with Crippen molar-refractivity contribution in [2.24, 2.45) is 0 Å². The van der Waals surface area contributed by atoms with Gasteiger partial charge in [0.15, 0.2) is 0 Å². The zero-order chi connectivity index (χ0) is 10.8. The van der Waals surface area contributed by atoms with Crippen molar-refractivity contribution in [1.29, 1.82) is 0 Å². The first kappa shape index (κ1) is 9.51. The third-order valence-corrected chi connectivity index (χ3v) is 2.08. The van der Waals surface area contributed by atoms with E-state index in [1.54, 1.807) is 25.7 Å². The molecule has 0 amide bonds. The summed E-state index contributed by atoms with van der Waals surface area (Å²) in [6.45, 7) is 1.92. The van der Waals surface area contributed by atoms with E-state index in [1.807, 2.05) is 17.7 Å². The van der Waals surface area contributed by atoms with Crippen molar-refractivity contribution in [2.45, 2.75) is 6.92 Å². The van der Waals surface area contributed by atoms with E-state index < -0.39 is 0 Å². The van der Waals surface area contributed by atoms with E-state index in [1.165, 1.54) is 0 Å². The van der Waals surface area contributed by atoms with Crippen LogP contribution in [0.1, 0.15) is 5.69 Å². The van der Waals surface area contributed by atoms with Crippen LogP contribution in [0.5, 0.6) is 5.75 Å². The third kappa shape index (κ3) is 1.76. The van der Waals surface area contributed by atoms with Gasteiger partial charge in [-0.25, -0.2) is 9.97 Å². The molecule has 78 valence electrons. The van der Waals surface area contributed by atoms with Gasteiger partial charge in [-0.1, -0.05) is 0 Å². The Kier molecular flexibility index (Phi) is 2.29.